The Kier molecular flexibility index (Phi) is 19.0. The average molecular weight is 801 g/mol. The second-order valence-corrected chi connectivity index (χ2v) is 20.3. The molecule has 0 saturated heterocycles. The Hall–Kier alpha value is -1.64. The van der Waals surface area contributed by atoms with Gasteiger partial charge in [-0.2, -0.15) is 0 Å². The highest BCUT2D eigenvalue weighted by atomic mass is 32.1. The van der Waals surface area contributed by atoms with Crippen molar-refractivity contribution >= 4 is 66.8 Å². The molecule has 0 radical (unpaired) electrons. The van der Waals surface area contributed by atoms with Gasteiger partial charge in [-0.3, -0.25) is 0 Å². The van der Waals surface area contributed by atoms with Gasteiger partial charge in [0.25, 0.3) is 0 Å². The fourth-order valence-electron chi connectivity index (χ4n) is 8.56. The summed E-state index contributed by atoms with van der Waals surface area (Å²) < 4.78 is 2.87. The maximum Gasteiger partial charge on any atom is 0.0533 e. The van der Waals surface area contributed by atoms with E-state index in [9.17, 15) is 0 Å². The maximum atomic E-state index is 3.66. The van der Waals surface area contributed by atoms with Crippen LogP contribution in [0.2, 0.25) is 0 Å². The van der Waals surface area contributed by atoms with E-state index in [2.05, 4.69) is 98.5 Å². The van der Waals surface area contributed by atoms with Gasteiger partial charge in [0.2, 0.25) is 0 Å². The SMILES string of the molecule is CCCCCCCCc1cc(-c2c3c(c(-c4cc(CCCCCCCC)c(CC(CC)CCCC)s4)c4c2=S=C=C4)=S=C=C3)sc1CC(CC)CCCC. The Morgan fingerprint density at radius 3 is 1.26 bits per heavy atom. The van der Waals surface area contributed by atoms with Crippen LogP contribution in [0.3, 0.4) is 0 Å². The molecular weight excluding hydrogens is 729 g/mol. The number of rotatable bonds is 28. The fraction of sp³-hybridized carbons (Fsp3) is 0.640. The molecule has 54 heavy (non-hydrogen) atoms. The minimum atomic E-state index is 0.791. The summed E-state index contributed by atoms with van der Waals surface area (Å²) in [5.41, 5.74) is 9.03. The Bertz CT molecular complexity index is 1770. The predicted octanol–water partition coefficient (Wildman–Crippen LogP) is 17.3. The van der Waals surface area contributed by atoms with E-state index < -0.39 is 0 Å². The number of unbranched alkanes of at least 4 members (excludes halogenated alkanes) is 12. The highest BCUT2D eigenvalue weighted by Gasteiger charge is 2.25. The molecule has 0 saturated carbocycles. The monoisotopic (exact) mass is 800 g/mol. The molecule has 4 heterocycles. The molecule has 2 aliphatic rings. The first kappa shape index (κ1) is 43.5. The first-order chi connectivity index (χ1) is 26.6. The zero-order valence-electron chi connectivity index (χ0n) is 35.1. The lowest BCUT2D eigenvalue weighted by Gasteiger charge is -2.15. The predicted molar refractivity (Wildman–Crippen MR) is 253 cm³/mol. The summed E-state index contributed by atoms with van der Waals surface area (Å²) in [5.74, 6) is 1.58. The van der Waals surface area contributed by atoms with Gasteiger partial charge in [0.15, 0.2) is 0 Å². The molecule has 3 aromatic rings. The van der Waals surface area contributed by atoms with Gasteiger partial charge in [0.1, 0.15) is 0 Å². The van der Waals surface area contributed by atoms with Gasteiger partial charge in [-0.05, 0) is 73.6 Å². The second-order valence-electron chi connectivity index (χ2n) is 16.4. The molecule has 0 fully saturated rings. The van der Waals surface area contributed by atoms with Crippen LogP contribution in [0.25, 0.3) is 33.0 Å². The molecule has 296 valence electrons. The van der Waals surface area contributed by atoms with Crippen LogP contribution < -0.4 is 0 Å². The van der Waals surface area contributed by atoms with Crippen LogP contribution in [-0.2, 0) is 25.7 Å². The Balaban J connectivity index is 1.53. The third kappa shape index (κ3) is 11.7. The van der Waals surface area contributed by atoms with Crippen molar-refractivity contribution in [1.29, 1.82) is 0 Å². The van der Waals surface area contributed by atoms with Gasteiger partial charge in [-0.1, -0.05) is 189 Å². The van der Waals surface area contributed by atoms with E-state index in [-0.39, 0.29) is 0 Å². The number of thiophene rings is 2. The van der Waals surface area contributed by atoms with Crippen LogP contribution in [-0.4, -0.2) is 10.0 Å². The molecular formula is C50H72S4. The average Bonchev–Trinajstić information content (AvgIpc) is 4.01. The van der Waals surface area contributed by atoms with Gasteiger partial charge in [-0.25, -0.2) is 0 Å². The summed E-state index contributed by atoms with van der Waals surface area (Å²) >= 11 is 4.25. The summed E-state index contributed by atoms with van der Waals surface area (Å²) in [6.45, 7) is 14.2. The van der Waals surface area contributed by atoms with Crippen molar-refractivity contribution in [3.63, 3.8) is 0 Å². The molecule has 0 spiro atoms. The molecule has 5 rings (SSSR count). The third-order valence-electron chi connectivity index (χ3n) is 12.1. The number of hydrogen-bond acceptors (Lipinski definition) is 2. The Labute approximate surface area is 346 Å². The first-order valence-electron chi connectivity index (χ1n) is 22.5. The molecule has 2 unspecified atom stereocenters. The smallest absolute Gasteiger partial charge is 0.0533 e. The van der Waals surface area contributed by atoms with E-state index >= 15 is 0 Å². The molecule has 0 bridgehead atoms. The van der Waals surface area contributed by atoms with Crippen LogP contribution >= 0.6 is 44.6 Å². The topological polar surface area (TPSA) is 0 Å². The summed E-state index contributed by atoms with van der Waals surface area (Å²) in [7, 11) is 3.69. The van der Waals surface area contributed by atoms with Crippen molar-refractivity contribution in [3.8, 4) is 20.9 Å². The molecule has 0 amide bonds. The van der Waals surface area contributed by atoms with Crippen molar-refractivity contribution < 1.29 is 0 Å². The summed E-state index contributed by atoms with van der Waals surface area (Å²) in [6.07, 6.45) is 36.5. The lowest BCUT2D eigenvalue weighted by atomic mass is 9.92. The molecule has 2 atom stereocenters. The van der Waals surface area contributed by atoms with Crippen molar-refractivity contribution in [2.75, 3.05) is 0 Å². The number of benzene rings is 1. The highest BCUT2D eigenvalue weighted by Crippen LogP contribution is 2.46. The maximum absolute atomic E-state index is 3.66. The minimum Gasteiger partial charge on any atom is -0.140 e. The second kappa shape index (κ2) is 23.6. The van der Waals surface area contributed by atoms with Gasteiger partial charge in [-0.15, -0.1) is 22.7 Å². The van der Waals surface area contributed by atoms with Crippen LogP contribution in [0.15, 0.2) is 12.1 Å². The fourth-order valence-corrected chi connectivity index (χ4v) is 13.3. The molecule has 0 nitrogen and oxygen atoms in total. The zero-order valence-corrected chi connectivity index (χ0v) is 38.3. The van der Waals surface area contributed by atoms with Crippen molar-refractivity contribution in [2.45, 2.75) is 196 Å². The largest absolute Gasteiger partial charge is 0.140 e. The van der Waals surface area contributed by atoms with Gasteiger partial charge >= 0.3 is 0 Å². The summed E-state index contributed by atoms with van der Waals surface area (Å²) in [5, 5.41) is 7.31. The standard InChI is InChI=1S/C50H72S4/c1-7-13-17-19-21-23-27-39-35-45(53-43(39)33-37(11-5)25-15-9-3)47-41-29-31-52-50(41)48(42-30-32-51-49(42)47)46-36-40(28-24-22-20-18-14-8-2)44(54-46)34-38(12-6)26-16-10-4/h29-30,35-38H,7-28,33-34H2,1-6H3. The molecule has 2 aliphatic heterocycles. The molecule has 4 heteroatoms. The van der Waals surface area contributed by atoms with E-state index in [4.69, 9.17) is 0 Å². The van der Waals surface area contributed by atoms with Gasteiger partial charge in [0.05, 0.1) is 9.02 Å². The lowest BCUT2D eigenvalue weighted by Crippen LogP contribution is -2.04. The Morgan fingerprint density at radius 1 is 0.481 bits per heavy atom. The molecule has 2 aromatic heterocycles. The number of fused-ring (bicyclic) bond motifs is 2. The molecule has 0 aliphatic carbocycles. The number of aryl methyl sites for hydroxylation is 2. The molecule has 1 aromatic carbocycles. The minimum absolute atomic E-state index is 0.791. The lowest BCUT2D eigenvalue weighted by molar-refractivity contribution is 0.450. The van der Waals surface area contributed by atoms with E-state index in [1.807, 2.05) is 21.9 Å². The van der Waals surface area contributed by atoms with Gasteiger partial charge in [0, 0.05) is 53.9 Å². The van der Waals surface area contributed by atoms with E-state index in [0.717, 1.165) is 11.8 Å². The van der Waals surface area contributed by atoms with Crippen molar-refractivity contribution in [3.05, 3.63) is 53.2 Å². The van der Waals surface area contributed by atoms with Crippen LogP contribution in [0.1, 0.15) is 202 Å². The van der Waals surface area contributed by atoms with Crippen LogP contribution in [0.5, 0.6) is 0 Å². The normalized spacial score (nSPS) is 13.7. The van der Waals surface area contributed by atoms with Gasteiger partial charge < -0.3 is 0 Å². The first-order valence-corrected chi connectivity index (χ1v) is 25.8. The van der Waals surface area contributed by atoms with Crippen LogP contribution in [0.4, 0.5) is 0 Å². The summed E-state index contributed by atoms with van der Waals surface area (Å²) in [4.78, 5) is 6.31. The quantitative estimate of drug-likeness (QED) is 0.0349. The highest BCUT2D eigenvalue weighted by molar-refractivity contribution is 7.90. The van der Waals surface area contributed by atoms with E-state index in [1.165, 1.54) is 195 Å². The van der Waals surface area contributed by atoms with Crippen LogP contribution in [0, 0.1) is 20.9 Å². The Morgan fingerprint density at radius 2 is 0.870 bits per heavy atom. The zero-order chi connectivity index (χ0) is 38.1. The van der Waals surface area contributed by atoms with E-state index in [0.29, 0.717) is 0 Å². The van der Waals surface area contributed by atoms with Crippen molar-refractivity contribution in [1.82, 2.24) is 0 Å². The van der Waals surface area contributed by atoms with E-state index in [1.54, 1.807) is 20.9 Å². The number of hydrogen-bond donors (Lipinski definition) is 0. The molecule has 0 N–H and O–H groups in total. The third-order valence-corrected chi connectivity index (χ3v) is 16.3. The van der Waals surface area contributed by atoms with Crippen molar-refractivity contribution in [2.24, 2.45) is 11.8 Å². The summed E-state index contributed by atoms with van der Waals surface area (Å²) in [6, 6.07) is 5.26.